The molecule has 4 saturated carbocycles. The van der Waals surface area contributed by atoms with Crippen molar-refractivity contribution in [1.29, 1.82) is 0 Å². The van der Waals surface area contributed by atoms with E-state index in [0.717, 1.165) is 47.3 Å². The molecule has 4 aliphatic rings. The highest BCUT2D eigenvalue weighted by molar-refractivity contribution is 5.29. The molecule has 6 rings (SSSR count). The van der Waals surface area contributed by atoms with Gasteiger partial charge in [-0.1, -0.05) is 160 Å². The van der Waals surface area contributed by atoms with Crippen LogP contribution in [0.4, 0.5) is 0 Å². The van der Waals surface area contributed by atoms with E-state index in [4.69, 9.17) is 0 Å². The summed E-state index contributed by atoms with van der Waals surface area (Å²) in [7, 11) is 0. The molecule has 53 heavy (non-hydrogen) atoms. The van der Waals surface area contributed by atoms with Gasteiger partial charge in [0.25, 0.3) is 0 Å². The van der Waals surface area contributed by atoms with Crippen molar-refractivity contribution in [2.75, 3.05) is 0 Å². The molecule has 2 aromatic rings. The van der Waals surface area contributed by atoms with Crippen LogP contribution in [-0.4, -0.2) is 0 Å². The Morgan fingerprint density at radius 3 is 0.698 bits per heavy atom. The van der Waals surface area contributed by atoms with E-state index in [2.05, 4.69) is 76.2 Å². The van der Waals surface area contributed by atoms with Gasteiger partial charge in [0.2, 0.25) is 0 Å². The summed E-state index contributed by atoms with van der Waals surface area (Å²) in [5.41, 5.74) is 6.50. The van der Waals surface area contributed by atoms with Crippen LogP contribution in [0, 0.1) is 23.7 Å². The molecule has 0 spiro atoms. The lowest BCUT2D eigenvalue weighted by atomic mass is 9.75. The second kappa shape index (κ2) is 24.2. The highest BCUT2D eigenvalue weighted by Gasteiger charge is 2.26. The molecule has 4 aliphatic carbocycles. The van der Waals surface area contributed by atoms with Crippen molar-refractivity contribution >= 4 is 0 Å². The summed E-state index contributed by atoms with van der Waals surface area (Å²) in [5, 5.41) is 0. The third-order valence-electron chi connectivity index (χ3n) is 15.3. The van der Waals surface area contributed by atoms with Gasteiger partial charge < -0.3 is 0 Å². The smallest absolute Gasteiger partial charge is 0.0162 e. The Hall–Kier alpha value is -1.56. The zero-order valence-electron chi connectivity index (χ0n) is 35.7. The fourth-order valence-corrected chi connectivity index (χ4v) is 11.4. The lowest BCUT2D eigenvalue weighted by Gasteiger charge is -2.30. The van der Waals surface area contributed by atoms with Gasteiger partial charge in [0.15, 0.2) is 0 Å². The SMILES string of the molecule is CCCCC1CCC(c2ccc(C3CCC(CCCC)CC3)cc2)CC1.CCCCCC1CCC(c2ccc(C3CCC(CCCC)CC3)cc2)CC1. The summed E-state index contributed by atoms with van der Waals surface area (Å²) in [6, 6.07) is 19.9. The van der Waals surface area contributed by atoms with Crippen LogP contribution in [-0.2, 0) is 0 Å². The Kier molecular flexibility index (Phi) is 19.4. The Morgan fingerprint density at radius 1 is 0.283 bits per heavy atom. The minimum atomic E-state index is 0.839. The van der Waals surface area contributed by atoms with Crippen LogP contribution in [0.1, 0.15) is 260 Å². The van der Waals surface area contributed by atoms with Crippen LogP contribution >= 0.6 is 0 Å². The predicted molar refractivity (Wildman–Crippen MR) is 234 cm³/mol. The largest absolute Gasteiger partial charge is 0.0654 e. The fourth-order valence-electron chi connectivity index (χ4n) is 11.4. The monoisotopic (exact) mass is 723 g/mol. The van der Waals surface area contributed by atoms with E-state index in [1.54, 1.807) is 22.3 Å². The first-order valence-electron chi connectivity index (χ1n) is 24.3. The average Bonchev–Trinajstić information content (AvgIpc) is 3.23. The highest BCUT2D eigenvalue weighted by Crippen LogP contribution is 2.42. The zero-order chi connectivity index (χ0) is 37.1. The first-order chi connectivity index (χ1) is 26.1. The van der Waals surface area contributed by atoms with Gasteiger partial charge in [0, 0.05) is 0 Å². The van der Waals surface area contributed by atoms with Crippen molar-refractivity contribution in [3.8, 4) is 0 Å². The Morgan fingerprint density at radius 2 is 0.491 bits per heavy atom. The van der Waals surface area contributed by atoms with Gasteiger partial charge in [-0.25, -0.2) is 0 Å². The standard InChI is InChI=1S/C27H44.C26H42/c1-3-5-7-9-23-12-16-25(17-13-23)27-20-18-26(19-21-27)24-14-10-22(11-15-24)8-6-4-2;1-3-5-7-21-9-13-23(14-10-21)25-17-19-26(20-18-25)24-15-11-22(12-16-24)8-6-4-2/h18-25H,3-17H2,1-2H3;17-24H,3-16H2,1-2H3. The van der Waals surface area contributed by atoms with Gasteiger partial charge in [-0.2, -0.15) is 0 Å². The van der Waals surface area contributed by atoms with E-state index in [0.29, 0.717) is 0 Å². The summed E-state index contributed by atoms with van der Waals surface area (Å²) in [6.45, 7) is 9.29. The molecule has 2 aromatic carbocycles. The molecule has 0 heterocycles. The molecule has 298 valence electrons. The summed E-state index contributed by atoms with van der Waals surface area (Å²) in [6.07, 6.45) is 41.7. The summed E-state index contributed by atoms with van der Waals surface area (Å²) in [4.78, 5) is 0. The molecular formula is C53H86. The predicted octanol–water partition coefficient (Wildman–Crippen LogP) is 17.6. The van der Waals surface area contributed by atoms with Crippen LogP contribution in [0.3, 0.4) is 0 Å². The van der Waals surface area contributed by atoms with Gasteiger partial charge in [-0.3, -0.25) is 0 Å². The summed E-state index contributed by atoms with van der Waals surface area (Å²) < 4.78 is 0. The van der Waals surface area contributed by atoms with Gasteiger partial charge in [-0.15, -0.1) is 0 Å². The maximum absolute atomic E-state index is 2.49. The van der Waals surface area contributed by atoms with Gasteiger partial charge in [-0.05, 0) is 172 Å². The third-order valence-corrected chi connectivity index (χ3v) is 15.3. The van der Waals surface area contributed by atoms with E-state index in [9.17, 15) is 0 Å². The lowest BCUT2D eigenvalue weighted by molar-refractivity contribution is 0.301. The summed E-state index contributed by atoms with van der Waals surface area (Å²) >= 11 is 0. The van der Waals surface area contributed by atoms with Crippen molar-refractivity contribution in [3.63, 3.8) is 0 Å². The van der Waals surface area contributed by atoms with Crippen LogP contribution in [0.25, 0.3) is 0 Å². The number of hydrogen-bond donors (Lipinski definition) is 0. The molecule has 0 nitrogen and oxygen atoms in total. The fraction of sp³-hybridized carbons (Fsp3) is 0.774. The number of rotatable bonds is 17. The topological polar surface area (TPSA) is 0 Å². The van der Waals surface area contributed by atoms with E-state index in [1.165, 1.54) is 186 Å². The minimum absolute atomic E-state index is 0.839. The number of benzene rings is 2. The van der Waals surface area contributed by atoms with Crippen molar-refractivity contribution in [2.24, 2.45) is 23.7 Å². The maximum atomic E-state index is 2.49. The van der Waals surface area contributed by atoms with E-state index in [1.807, 2.05) is 0 Å². The minimum Gasteiger partial charge on any atom is -0.0654 e. The van der Waals surface area contributed by atoms with E-state index in [-0.39, 0.29) is 0 Å². The van der Waals surface area contributed by atoms with Crippen molar-refractivity contribution in [2.45, 2.75) is 238 Å². The van der Waals surface area contributed by atoms with Crippen LogP contribution in [0.2, 0.25) is 0 Å². The zero-order valence-corrected chi connectivity index (χ0v) is 35.7. The normalized spacial score (nSPS) is 29.3. The van der Waals surface area contributed by atoms with Crippen molar-refractivity contribution < 1.29 is 0 Å². The second-order valence-electron chi connectivity index (χ2n) is 19.1. The molecule has 0 heteroatoms. The summed E-state index contributed by atoms with van der Waals surface area (Å²) in [5.74, 6) is 7.44. The van der Waals surface area contributed by atoms with Crippen molar-refractivity contribution in [1.82, 2.24) is 0 Å². The molecule has 0 saturated heterocycles. The van der Waals surface area contributed by atoms with Crippen LogP contribution in [0.15, 0.2) is 48.5 Å². The quantitative estimate of drug-likeness (QED) is 0.143. The highest BCUT2D eigenvalue weighted by atomic mass is 14.3. The van der Waals surface area contributed by atoms with E-state index >= 15 is 0 Å². The average molecular weight is 723 g/mol. The first kappa shape index (κ1) is 42.6. The van der Waals surface area contributed by atoms with Gasteiger partial charge in [0.1, 0.15) is 0 Å². The molecule has 0 radical (unpaired) electrons. The molecular weight excluding hydrogens is 637 g/mol. The maximum Gasteiger partial charge on any atom is -0.0162 e. The third kappa shape index (κ3) is 14.2. The lowest BCUT2D eigenvalue weighted by Crippen LogP contribution is -2.14. The number of unbranched alkanes of at least 4 members (excludes halogenated alkanes) is 5. The molecule has 0 atom stereocenters. The molecule has 0 amide bonds. The molecule has 0 bridgehead atoms. The second-order valence-corrected chi connectivity index (χ2v) is 19.1. The van der Waals surface area contributed by atoms with Gasteiger partial charge in [0.05, 0.1) is 0 Å². The molecule has 0 aromatic heterocycles. The van der Waals surface area contributed by atoms with Gasteiger partial charge >= 0.3 is 0 Å². The molecule has 0 aliphatic heterocycles. The first-order valence-corrected chi connectivity index (χ1v) is 24.3. The van der Waals surface area contributed by atoms with Crippen LogP contribution in [0.5, 0.6) is 0 Å². The Labute approximate surface area is 330 Å². The Balaban J connectivity index is 0.000000204. The van der Waals surface area contributed by atoms with Crippen molar-refractivity contribution in [3.05, 3.63) is 70.8 Å². The molecule has 4 fully saturated rings. The molecule has 0 unspecified atom stereocenters. The number of hydrogen-bond acceptors (Lipinski definition) is 0. The Bertz CT molecular complexity index is 1130. The molecule has 0 N–H and O–H groups in total. The van der Waals surface area contributed by atoms with E-state index < -0.39 is 0 Å². The van der Waals surface area contributed by atoms with Crippen LogP contribution < -0.4 is 0 Å².